The van der Waals surface area contributed by atoms with Crippen LogP contribution < -0.4 is 0 Å². The van der Waals surface area contributed by atoms with Crippen LogP contribution in [-0.2, 0) is 20.9 Å². The molecule has 1 unspecified atom stereocenters. The van der Waals surface area contributed by atoms with Crippen LogP contribution in [0, 0.1) is 0 Å². The molecule has 0 N–H and O–H groups in total. The Bertz CT molecular complexity index is 504. The Balaban J connectivity index is 1.52. The lowest BCUT2D eigenvalue weighted by Crippen LogP contribution is -2.30. The summed E-state index contributed by atoms with van der Waals surface area (Å²) in [6.07, 6.45) is 4.41. The number of ether oxygens (including phenoxy) is 2. The maximum absolute atomic E-state index is 12.1. The lowest BCUT2D eigenvalue weighted by Gasteiger charge is -2.30. The molecule has 0 fully saturated rings. The van der Waals surface area contributed by atoms with E-state index in [0.717, 1.165) is 42.6 Å². The van der Waals surface area contributed by atoms with Crippen molar-refractivity contribution in [1.82, 2.24) is 0 Å². The molecule has 2 aliphatic rings. The Hall–Kier alpha value is -1.61. The van der Waals surface area contributed by atoms with E-state index in [0.29, 0.717) is 19.6 Å². The fourth-order valence-corrected chi connectivity index (χ4v) is 2.85. The molecule has 20 heavy (non-hydrogen) atoms. The van der Waals surface area contributed by atoms with Gasteiger partial charge in [-0.05, 0) is 24.8 Å². The predicted octanol–water partition coefficient (Wildman–Crippen LogP) is 3.39. The zero-order valence-corrected chi connectivity index (χ0v) is 11.6. The molecule has 1 aromatic rings. The molecule has 1 aliphatic heterocycles. The largest absolute Gasteiger partial charge is 0.491 e. The number of carbonyl (C=O) groups excluding carboxylic acids is 1. The molecular formula is C17H20O3. The zero-order chi connectivity index (χ0) is 13.8. The lowest BCUT2D eigenvalue weighted by molar-refractivity contribution is -0.122. The van der Waals surface area contributed by atoms with Gasteiger partial charge in [0.2, 0.25) is 0 Å². The summed E-state index contributed by atoms with van der Waals surface area (Å²) in [5.74, 6) is 1.19. The molecule has 0 amide bonds. The van der Waals surface area contributed by atoms with E-state index < -0.39 is 0 Å². The van der Waals surface area contributed by atoms with E-state index in [4.69, 9.17) is 9.47 Å². The van der Waals surface area contributed by atoms with Gasteiger partial charge in [-0.25, -0.2) is 0 Å². The molecule has 1 aromatic carbocycles. The van der Waals surface area contributed by atoms with Gasteiger partial charge in [0.25, 0.3) is 0 Å². The molecule has 1 heterocycles. The predicted molar refractivity (Wildman–Crippen MR) is 76.1 cm³/mol. The number of carbonyl (C=O) groups is 1. The Kier molecular flexibility index (Phi) is 4.16. The van der Waals surface area contributed by atoms with Crippen molar-refractivity contribution in [1.29, 1.82) is 0 Å². The molecular weight excluding hydrogens is 252 g/mol. The molecule has 0 saturated heterocycles. The summed E-state index contributed by atoms with van der Waals surface area (Å²) in [7, 11) is 0. The van der Waals surface area contributed by atoms with Gasteiger partial charge in [0.15, 0.2) is 5.78 Å². The molecule has 0 saturated carbocycles. The first-order valence-corrected chi connectivity index (χ1v) is 7.36. The van der Waals surface area contributed by atoms with Gasteiger partial charge in [-0.3, -0.25) is 4.79 Å². The topological polar surface area (TPSA) is 35.5 Å². The summed E-state index contributed by atoms with van der Waals surface area (Å²) in [4.78, 5) is 12.1. The van der Waals surface area contributed by atoms with Crippen LogP contribution in [0.4, 0.5) is 0 Å². The van der Waals surface area contributed by atoms with Crippen molar-refractivity contribution < 1.29 is 14.3 Å². The fourth-order valence-electron chi connectivity index (χ4n) is 2.85. The molecule has 0 spiro atoms. The van der Waals surface area contributed by atoms with E-state index in [-0.39, 0.29) is 11.9 Å². The van der Waals surface area contributed by atoms with E-state index in [1.165, 1.54) is 0 Å². The third-order valence-electron chi connectivity index (χ3n) is 3.89. The van der Waals surface area contributed by atoms with Crippen LogP contribution >= 0.6 is 0 Å². The number of benzene rings is 1. The fraction of sp³-hybridized carbons (Fsp3) is 0.471. The molecule has 1 aliphatic carbocycles. The van der Waals surface area contributed by atoms with Gasteiger partial charge in [0, 0.05) is 12.0 Å². The van der Waals surface area contributed by atoms with Crippen LogP contribution in [0.5, 0.6) is 0 Å². The number of allylic oxidation sites excluding steroid dienone is 2. The Morgan fingerprint density at radius 3 is 2.80 bits per heavy atom. The molecule has 0 bridgehead atoms. The molecule has 3 nitrogen and oxygen atoms in total. The quantitative estimate of drug-likeness (QED) is 0.842. The highest BCUT2D eigenvalue weighted by molar-refractivity contribution is 5.96. The van der Waals surface area contributed by atoms with Crippen LogP contribution in [0.15, 0.2) is 41.7 Å². The van der Waals surface area contributed by atoms with Gasteiger partial charge in [0.1, 0.15) is 11.9 Å². The molecule has 3 rings (SSSR count). The number of ketones is 1. The van der Waals surface area contributed by atoms with Gasteiger partial charge < -0.3 is 9.47 Å². The highest BCUT2D eigenvalue weighted by atomic mass is 16.5. The third-order valence-corrected chi connectivity index (χ3v) is 3.89. The summed E-state index contributed by atoms with van der Waals surface area (Å²) >= 11 is 0. The van der Waals surface area contributed by atoms with Gasteiger partial charge in [-0.1, -0.05) is 30.3 Å². The maximum Gasteiger partial charge on any atom is 0.165 e. The van der Waals surface area contributed by atoms with Crippen LogP contribution in [0.3, 0.4) is 0 Å². The smallest absolute Gasteiger partial charge is 0.165 e. The number of rotatable bonds is 4. The minimum absolute atomic E-state index is 0.108. The molecule has 1 atom stereocenters. The van der Waals surface area contributed by atoms with E-state index in [1.807, 2.05) is 30.3 Å². The van der Waals surface area contributed by atoms with Crippen LogP contribution in [-0.4, -0.2) is 18.5 Å². The van der Waals surface area contributed by atoms with E-state index in [9.17, 15) is 4.79 Å². The van der Waals surface area contributed by atoms with Crippen molar-refractivity contribution in [2.75, 3.05) is 6.61 Å². The van der Waals surface area contributed by atoms with Crippen LogP contribution in [0.25, 0.3) is 0 Å². The first-order chi connectivity index (χ1) is 9.83. The SMILES string of the molecule is O=C1CC(COCc2ccccc2)OC2=C1CCCC2. The number of Topliss-reactive ketones (excluding diaryl/α,β-unsaturated/α-hetero) is 1. The second-order valence-corrected chi connectivity index (χ2v) is 5.48. The minimum Gasteiger partial charge on any atom is -0.491 e. The number of hydrogen-bond donors (Lipinski definition) is 0. The van der Waals surface area contributed by atoms with Gasteiger partial charge in [0.05, 0.1) is 19.6 Å². The zero-order valence-electron chi connectivity index (χ0n) is 11.6. The summed E-state index contributed by atoms with van der Waals surface area (Å²) < 4.78 is 11.6. The van der Waals surface area contributed by atoms with Crippen LogP contribution in [0.1, 0.15) is 37.7 Å². The highest BCUT2D eigenvalue weighted by Crippen LogP contribution is 2.32. The van der Waals surface area contributed by atoms with Crippen molar-refractivity contribution in [2.45, 2.75) is 44.8 Å². The highest BCUT2D eigenvalue weighted by Gasteiger charge is 2.30. The normalized spacial score (nSPS) is 22.4. The van der Waals surface area contributed by atoms with Crippen molar-refractivity contribution in [3.05, 3.63) is 47.2 Å². The molecule has 0 radical (unpaired) electrons. The van der Waals surface area contributed by atoms with Gasteiger partial charge in [-0.2, -0.15) is 0 Å². The minimum atomic E-state index is -0.108. The summed E-state index contributed by atoms with van der Waals surface area (Å²) in [5, 5.41) is 0. The van der Waals surface area contributed by atoms with Crippen molar-refractivity contribution in [3.63, 3.8) is 0 Å². The second kappa shape index (κ2) is 6.23. The first-order valence-electron chi connectivity index (χ1n) is 7.36. The standard InChI is InChI=1S/C17H20O3/c18-16-10-14(20-17-9-5-4-8-15(16)17)12-19-11-13-6-2-1-3-7-13/h1-3,6-7,14H,4-5,8-12H2. The Morgan fingerprint density at radius 1 is 1.15 bits per heavy atom. The summed E-state index contributed by atoms with van der Waals surface area (Å²) in [5.41, 5.74) is 2.09. The van der Waals surface area contributed by atoms with Crippen molar-refractivity contribution in [2.24, 2.45) is 0 Å². The summed E-state index contributed by atoms with van der Waals surface area (Å²) in [6.45, 7) is 1.05. The number of hydrogen-bond acceptors (Lipinski definition) is 3. The second-order valence-electron chi connectivity index (χ2n) is 5.48. The third kappa shape index (κ3) is 3.10. The molecule has 3 heteroatoms. The first kappa shape index (κ1) is 13.4. The maximum atomic E-state index is 12.1. The van der Waals surface area contributed by atoms with Crippen molar-refractivity contribution in [3.8, 4) is 0 Å². The molecule has 106 valence electrons. The van der Waals surface area contributed by atoms with E-state index >= 15 is 0 Å². The van der Waals surface area contributed by atoms with Crippen molar-refractivity contribution >= 4 is 5.78 Å². The van der Waals surface area contributed by atoms with E-state index in [2.05, 4.69) is 0 Å². The average Bonchev–Trinajstić information content (AvgIpc) is 2.48. The van der Waals surface area contributed by atoms with E-state index in [1.54, 1.807) is 0 Å². The Labute approximate surface area is 119 Å². The molecule has 0 aromatic heterocycles. The Morgan fingerprint density at radius 2 is 1.95 bits per heavy atom. The lowest BCUT2D eigenvalue weighted by atomic mass is 9.90. The van der Waals surface area contributed by atoms with Gasteiger partial charge >= 0.3 is 0 Å². The monoisotopic (exact) mass is 272 g/mol. The van der Waals surface area contributed by atoms with Gasteiger partial charge in [-0.15, -0.1) is 0 Å². The average molecular weight is 272 g/mol. The summed E-state index contributed by atoms with van der Waals surface area (Å²) in [6, 6.07) is 10.1. The van der Waals surface area contributed by atoms with Crippen LogP contribution in [0.2, 0.25) is 0 Å².